The van der Waals surface area contributed by atoms with E-state index in [1.54, 1.807) is 19.2 Å². The second-order valence-electron chi connectivity index (χ2n) is 4.13. The average Bonchev–Trinajstić information content (AvgIpc) is 2.52. The largest absolute Gasteiger partial charge is 0.494 e. The Kier molecular flexibility index (Phi) is 2.58. The Hall–Kier alpha value is -1.58. The van der Waals surface area contributed by atoms with E-state index < -0.39 is 5.79 Å². The first-order chi connectivity index (χ1) is 7.58. The Bertz CT molecular complexity index is 405. The van der Waals surface area contributed by atoms with Gasteiger partial charge in [0.15, 0.2) is 11.5 Å². The summed E-state index contributed by atoms with van der Waals surface area (Å²) in [6.07, 6.45) is 1.83. The molecule has 1 unspecified atom stereocenters. The monoisotopic (exact) mass is 223 g/mol. The molecule has 0 amide bonds. The minimum absolute atomic E-state index is 0.561. The van der Waals surface area contributed by atoms with Crippen LogP contribution in [0.3, 0.4) is 0 Å². The average molecular weight is 223 g/mol. The molecule has 4 nitrogen and oxygen atoms in total. The third kappa shape index (κ3) is 1.75. The van der Waals surface area contributed by atoms with Crippen LogP contribution >= 0.6 is 0 Å². The van der Waals surface area contributed by atoms with Crippen molar-refractivity contribution in [2.24, 2.45) is 0 Å². The highest BCUT2D eigenvalue weighted by Crippen LogP contribution is 2.45. The zero-order valence-electron chi connectivity index (χ0n) is 9.87. The number of rotatable bonds is 3. The van der Waals surface area contributed by atoms with Crippen LogP contribution in [0.25, 0.3) is 0 Å². The van der Waals surface area contributed by atoms with Crippen LogP contribution in [0.5, 0.6) is 17.2 Å². The third-order valence-corrected chi connectivity index (χ3v) is 2.65. The van der Waals surface area contributed by atoms with E-state index in [2.05, 4.69) is 6.92 Å². The lowest BCUT2D eigenvalue weighted by Gasteiger charge is -2.21. The maximum Gasteiger partial charge on any atom is 0.248 e. The van der Waals surface area contributed by atoms with E-state index in [0.29, 0.717) is 22.9 Å². The summed E-state index contributed by atoms with van der Waals surface area (Å²) in [5.74, 6) is 1.43. The Balaban J connectivity index is 2.31. The van der Waals surface area contributed by atoms with Gasteiger partial charge in [0, 0.05) is 25.5 Å². The predicted octanol–water partition coefficient (Wildman–Crippen LogP) is 2.56. The molecule has 2 N–H and O–H groups in total. The molecule has 0 saturated carbocycles. The highest BCUT2D eigenvalue weighted by atomic mass is 16.7. The molecule has 0 spiro atoms. The van der Waals surface area contributed by atoms with Crippen LogP contribution in [0.4, 0.5) is 5.69 Å². The minimum Gasteiger partial charge on any atom is -0.494 e. The van der Waals surface area contributed by atoms with Crippen molar-refractivity contribution in [1.29, 1.82) is 0 Å². The molecule has 1 aliphatic rings. The maximum atomic E-state index is 5.81. The van der Waals surface area contributed by atoms with Gasteiger partial charge in [0.25, 0.3) is 0 Å². The van der Waals surface area contributed by atoms with Gasteiger partial charge in [0.2, 0.25) is 5.79 Å². The molecule has 16 heavy (non-hydrogen) atoms. The van der Waals surface area contributed by atoms with Gasteiger partial charge in [-0.15, -0.1) is 0 Å². The van der Waals surface area contributed by atoms with Crippen LogP contribution in [0.2, 0.25) is 0 Å². The molecule has 0 bridgehead atoms. The first-order valence-corrected chi connectivity index (χ1v) is 5.43. The molecule has 0 saturated heterocycles. The Morgan fingerprint density at radius 1 is 1.31 bits per heavy atom. The highest BCUT2D eigenvalue weighted by Gasteiger charge is 2.36. The third-order valence-electron chi connectivity index (χ3n) is 2.65. The molecule has 88 valence electrons. The number of methoxy groups -OCH3 is 1. The first kappa shape index (κ1) is 10.9. The van der Waals surface area contributed by atoms with E-state index in [1.165, 1.54) is 0 Å². The summed E-state index contributed by atoms with van der Waals surface area (Å²) in [5, 5.41) is 0. The lowest BCUT2D eigenvalue weighted by Crippen LogP contribution is -2.34. The van der Waals surface area contributed by atoms with Crippen LogP contribution in [0, 0.1) is 0 Å². The molecule has 1 aromatic rings. The highest BCUT2D eigenvalue weighted by molar-refractivity contribution is 5.62. The van der Waals surface area contributed by atoms with E-state index in [1.807, 2.05) is 6.92 Å². The Morgan fingerprint density at radius 3 is 2.50 bits per heavy atom. The summed E-state index contributed by atoms with van der Waals surface area (Å²) in [6, 6.07) is 3.51. The smallest absolute Gasteiger partial charge is 0.248 e. The van der Waals surface area contributed by atoms with Crippen molar-refractivity contribution in [1.82, 2.24) is 0 Å². The van der Waals surface area contributed by atoms with E-state index in [4.69, 9.17) is 19.9 Å². The number of nitrogen functional groups attached to an aromatic ring is 1. The second-order valence-corrected chi connectivity index (χ2v) is 4.13. The number of hydrogen-bond acceptors (Lipinski definition) is 4. The number of anilines is 1. The maximum absolute atomic E-state index is 5.81. The van der Waals surface area contributed by atoms with E-state index in [-0.39, 0.29) is 0 Å². The van der Waals surface area contributed by atoms with Crippen LogP contribution in [0.15, 0.2) is 12.1 Å². The number of fused-ring (bicyclic) bond motifs is 1. The van der Waals surface area contributed by atoms with Crippen molar-refractivity contribution >= 4 is 5.69 Å². The standard InChI is InChI=1S/C12H17NO3/c1-4-5-12(2)15-10-6-8(13)9(14-3)7-11(10)16-12/h6-7H,4-5,13H2,1-3H3. The number of nitrogens with two attached hydrogens (primary N) is 1. The van der Waals surface area contributed by atoms with Gasteiger partial charge in [-0.2, -0.15) is 0 Å². The molecule has 1 heterocycles. The first-order valence-electron chi connectivity index (χ1n) is 5.43. The summed E-state index contributed by atoms with van der Waals surface area (Å²) in [5.41, 5.74) is 6.37. The van der Waals surface area contributed by atoms with Crippen LogP contribution in [-0.2, 0) is 0 Å². The molecule has 0 aromatic heterocycles. The zero-order chi connectivity index (χ0) is 11.8. The van der Waals surface area contributed by atoms with Gasteiger partial charge in [-0.3, -0.25) is 0 Å². The van der Waals surface area contributed by atoms with Gasteiger partial charge < -0.3 is 19.9 Å². The van der Waals surface area contributed by atoms with Crippen molar-refractivity contribution < 1.29 is 14.2 Å². The molecule has 1 atom stereocenters. The lowest BCUT2D eigenvalue weighted by molar-refractivity contribution is -0.0684. The molecular formula is C12H17NO3. The zero-order valence-corrected chi connectivity index (χ0v) is 9.87. The van der Waals surface area contributed by atoms with Crippen LogP contribution < -0.4 is 19.9 Å². The molecule has 2 rings (SSSR count). The van der Waals surface area contributed by atoms with Crippen molar-refractivity contribution in [2.45, 2.75) is 32.5 Å². The fraction of sp³-hybridized carbons (Fsp3) is 0.500. The molecule has 4 heteroatoms. The van der Waals surface area contributed by atoms with Crippen LogP contribution in [-0.4, -0.2) is 12.9 Å². The fourth-order valence-corrected chi connectivity index (χ4v) is 1.94. The molecular weight excluding hydrogens is 206 g/mol. The minimum atomic E-state index is -0.574. The van der Waals surface area contributed by atoms with Gasteiger partial charge in [-0.05, 0) is 6.42 Å². The summed E-state index contributed by atoms with van der Waals surface area (Å²) in [4.78, 5) is 0. The van der Waals surface area contributed by atoms with Crippen molar-refractivity contribution in [2.75, 3.05) is 12.8 Å². The molecule has 0 radical (unpaired) electrons. The summed E-state index contributed by atoms with van der Waals surface area (Å²) < 4.78 is 16.7. The summed E-state index contributed by atoms with van der Waals surface area (Å²) in [6.45, 7) is 4.02. The Morgan fingerprint density at radius 2 is 1.94 bits per heavy atom. The SMILES string of the molecule is CCCC1(C)Oc2cc(N)c(OC)cc2O1. The van der Waals surface area contributed by atoms with Gasteiger partial charge in [-0.25, -0.2) is 0 Å². The second kappa shape index (κ2) is 3.77. The normalized spacial score (nSPS) is 22.2. The number of hydrogen-bond donors (Lipinski definition) is 1. The quantitative estimate of drug-likeness (QED) is 0.800. The Labute approximate surface area is 95.3 Å². The van der Waals surface area contributed by atoms with E-state index >= 15 is 0 Å². The summed E-state index contributed by atoms with van der Waals surface area (Å²) in [7, 11) is 1.58. The van der Waals surface area contributed by atoms with Gasteiger partial charge in [0.1, 0.15) is 5.75 Å². The molecule has 0 fully saturated rings. The van der Waals surface area contributed by atoms with E-state index in [9.17, 15) is 0 Å². The fourth-order valence-electron chi connectivity index (χ4n) is 1.94. The number of ether oxygens (including phenoxy) is 3. The van der Waals surface area contributed by atoms with Gasteiger partial charge >= 0.3 is 0 Å². The summed E-state index contributed by atoms with van der Waals surface area (Å²) >= 11 is 0. The van der Waals surface area contributed by atoms with Crippen molar-refractivity contribution in [3.8, 4) is 17.2 Å². The van der Waals surface area contributed by atoms with Crippen LogP contribution in [0.1, 0.15) is 26.7 Å². The van der Waals surface area contributed by atoms with Gasteiger partial charge in [-0.1, -0.05) is 6.92 Å². The van der Waals surface area contributed by atoms with Crippen molar-refractivity contribution in [3.05, 3.63) is 12.1 Å². The van der Waals surface area contributed by atoms with Gasteiger partial charge in [0.05, 0.1) is 12.8 Å². The molecule has 1 aliphatic heterocycles. The van der Waals surface area contributed by atoms with E-state index in [0.717, 1.165) is 12.8 Å². The molecule has 1 aromatic carbocycles. The lowest BCUT2D eigenvalue weighted by atomic mass is 10.2. The van der Waals surface area contributed by atoms with Crippen molar-refractivity contribution in [3.63, 3.8) is 0 Å². The predicted molar refractivity (Wildman–Crippen MR) is 62.0 cm³/mol. The number of benzene rings is 1. The topological polar surface area (TPSA) is 53.7 Å². The molecule has 0 aliphatic carbocycles.